The maximum atomic E-state index is 5.58. The number of nitrogens with one attached hydrogen (secondary N) is 1. The van der Waals surface area contributed by atoms with E-state index in [0.717, 1.165) is 34.0 Å². The Morgan fingerprint density at radius 1 is 1.35 bits per heavy atom. The lowest BCUT2D eigenvalue weighted by Crippen LogP contribution is -2.26. The van der Waals surface area contributed by atoms with Crippen LogP contribution < -0.4 is 22.5 Å². The van der Waals surface area contributed by atoms with Gasteiger partial charge in [-0.3, -0.25) is 0 Å². The molecule has 0 saturated heterocycles. The molecule has 1 heterocycles. The molecule has 0 amide bonds. The van der Waals surface area contributed by atoms with Crippen LogP contribution in [0.4, 0.5) is 5.82 Å². The fourth-order valence-electron chi connectivity index (χ4n) is 2.47. The van der Waals surface area contributed by atoms with Crippen LogP contribution in [-0.4, -0.2) is 23.5 Å². The molecule has 2 rings (SSSR count). The Balaban J connectivity index is 2.44. The van der Waals surface area contributed by atoms with Gasteiger partial charge in [0.05, 0.1) is 0 Å². The SMILES string of the molecule is C=C(NC(C)CCN)c1ccc2c(C)cnc(N=C(N)N)c2c1. The van der Waals surface area contributed by atoms with Crippen molar-refractivity contribution in [3.63, 3.8) is 0 Å². The number of nitrogens with two attached hydrogens (primary N) is 3. The lowest BCUT2D eigenvalue weighted by molar-refractivity contribution is 0.605. The predicted molar refractivity (Wildman–Crippen MR) is 97.3 cm³/mol. The van der Waals surface area contributed by atoms with Gasteiger partial charge in [-0.1, -0.05) is 18.7 Å². The summed E-state index contributed by atoms with van der Waals surface area (Å²) in [6, 6.07) is 6.32. The van der Waals surface area contributed by atoms with Gasteiger partial charge in [0.2, 0.25) is 0 Å². The van der Waals surface area contributed by atoms with Crippen LogP contribution in [0.3, 0.4) is 0 Å². The maximum Gasteiger partial charge on any atom is 0.192 e. The summed E-state index contributed by atoms with van der Waals surface area (Å²) in [6.45, 7) is 8.83. The summed E-state index contributed by atoms with van der Waals surface area (Å²) in [6.07, 6.45) is 2.65. The van der Waals surface area contributed by atoms with Crippen LogP contribution in [0.5, 0.6) is 0 Å². The van der Waals surface area contributed by atoms with Crippen LogP contribution in [0, 0.1) is 6.92 Å². The number of hydrogen-bond acceptors (Lipinski definition) is 4. The highest BCUT2D eigenvalue weighted by Crippen LogP contribution is 2.28. The molecule has 0 aliphatic rings. The van der Waals surface area contributed by atoms with E-state index >= 15 is 0 Å². The van der Waals surface area contributed by atoms with Crippen molar-refractivity contribution in [2.75, 3.05) is 6.54 Å². The van der Waals surface area contributed by atoms with Crippen molar-refractivity contribution in [3.05, 3.63) is 42.1 Å². The first-order valence-corrected chi connectivity index (χ1v) is 7.57. The molecular formula is C17H24N6. The van der Waals surface area contributed by atoms with Crippen LogP contribution in [-0.2, 0) is 0 Å². The Kier molecular flexibility index (Phi) is 5.18. The average molecular weight is 312 g/mol. The van der Waals surface area contributed by atoms with E-state index in [2.05, 4.69) is 28.8 Å². The van der Waals surface area contributed by atoms with E-state index in [1.165, 1.54) is 0 Å². The van der Waals surface area contributed by atoms with Crippen molar-refractivity contribution >= 4 is 28.2 Å². The van der Waals surface area contributed by atoms with Gasteiger partial charge in [0.25, 0.3) is 0 Å². The number of hydrogen-bond donors (Lipinski definition) is 4. The summed E-state index contributed by atoms with van der Waals surface area (Å²) < 4.78 is 0. The molecule has 0 spiro atoms. The van der Waals surface area contributed by atoms with Crippen LogP contribution in [0.25, 0.3) is 16.5 Å². The Bertz CT molecular complexity index is 746. The zero-order valence-corrected chi connectivity index (χ0v) is 13.6. The molecule has 1 unspecified atom stereocenters. The normalized spacial score (nSPS) is 12.0. The second-order valence-corrected chi connectivity index (χ2v) is 5.66. The molecule has 122 valence electrons. The first-order valence-electron chi connectivity index (χ1n) is 7.57. The van der Waals surface area contributed by atoms with Gasteiger partial charge >= 0.3 is 0 Å². The Morgan fingerprint density at radius 2 is 2.09 bits per heavy atom. The molecule has 0 saturated carbocycles. The summed E-state index contributed by atoms with van der Waals surface area (Å²) in [5, 5.41) is 5.31. The van der Waals surface area contributed by atoms with E-state index in [4.69, 9.17) is 17.2 Å². The first-order chi connectivity index (χ1) is 10.9. The first kappa shape index (κ1) is 16.8. The third-order valence-electron chi connectivity index (χ3n) is 3.67. The third kappa shape index (κ3) is 3.98. The second kappa shape index (κ2) is 7.11. The van der Waals surface area contributed by atoms with Gasteiger partial charge in [-0.15, -0.1) is 0 Å². The highest BCUT2D eigenvalue weighted by molar-refractivity contribution is 5.96. The molecule has 23 heavy (non-hydrogen) atoms. The Labute approximate surface area is 136 Å². The van der Waals surface area contributed by atoms with Crippen molar-refractivity contribution in [3.8, 4) is 0 Å². The van der Waals surface area contributed by atoms with Crippen LogP contribution in [0.1, 0.15) is 24.5 Å². The number of fused-ring (bicyclic) bond motifs is 1. The van der Waals surface area contributed by atoms with Crippen LogP contribution >= 0.6 is 0 Å². The minimum absolute atomic E-state index is 0.0124. The summed E-state index contributed by atoms with van der Waals surface area (Å²) in [4.78, 5) is 8.44. The van der Waals surface area contributed by atoms with Gasteiger partial charge in [-0.2, -0.15) is 4.99 Å². The molecule has 1 atom stereocenters. The van der Waals surface area contributed by atoms with E-state index < -0.39 is 0 Å². The summed E-state index contributed by atoms with van der Waals surface area (Å²) in [5.74, 6) is 0.497. The minimum atomic E-state index is -0.0124. The standard InChI is InChI=1S/C17H24N6/c1-10-9-21-16(23-17(19)20)15-8-13(4-5-14(10)15)12(3)22-11(2)6-7-18/h4-5,8-9,11,22H,3,6-7,18H2,1-2H3,(H4,19,20,21,23). The average Bonchev–Trinajstić information content (AvgIpc) is 2.49. The van der Waals surface area contributed by atoms with Gasteiger partial charge in [-0.05, 0) is 49.4 Å². The number of aliphatic imine (C=N–C) groups is 1. The van der Waals surface area contributed by atoms with Gasteiger partial charge in [-0.25, -0.2) is 4.98 Å². The summed E-state index contributed by atoms with van der Waals surface area (Å²) >= 11 is 0. The topological polar surface area (TPSA) is 115 Å². The quantitative estimate of drug-likeness (QED) is 0.479. The fraction of sp³-hybridized carbons (Fsp3) is 0.294. The lowest BCUT2D eigenvalue weighted by Gasteiger charge is -2.17. The molecule has 0 fully saturated rings. The zero-order chi connectivity index (χ0) is 17.0. The highest BCUT2D eigenvalue weighted by atomic mass is 15.0. The molecule has 0 aliphatic heterocycles. The molecule has 7 N–H and O–H groups in total. The molecule has 0 bridgehead atoms. The number of guanidine groups is 1. The molecule has 1 aromatic carbocycles. The van der Waals surface area contributed by atoms with Crippen LogP contribution in [0.15, 0.2) is 36.0 Å². The van der Waals surface area contributed by atoms with Crippen molar-refractivity contribution in [2.24, 2.45) is 22.2 Å². The molecule has 0 aliphatic carbocycles. The van der Waals surface area contributed by atoms with Gasteiger partial charge in [0.1, 0.15) is 0 Å². The van der Waals surface area contributed by atoms with E-state index in [-0.39, 0.29) is 12.0 Å². The van der Waals surface area contributed by atoms with Crippen molar-refractivity contribution in [2.45, 2.75) is 26.3 Å². The number of benzene rings is 1. The predicted octanol–water partition coefficient (Wildman–Crippen LogP) is 1.75. The largest absolute Gasteiger partial charge is 0.383 e. The molecule has 0 radical (unpaired) electrons. The lowest BCUT2D eigenvalue weighted by atomic mass is 10.0. The minimum Gasteiger partial charge on any atom is -0.383 e. The summed E-state index contributed by atoms with van der Waals surface area (Å²) in [7, 11) is 0. The number of nitrogens with zero attached hydrogens (tertiary/aromatic N) is 2. The van der Waals surface area contributed by atoms with Gasteiger partial charge < -0.3 is 22.5 Å². The Hall–Kier alpha value is -2.60. The third-order valence-corrected chi connectivity index (χ3v) is 3.67. The van der Waals surface area contributed by atoms with E-state index in [9.17, 15) is 0 Å². The number of aromatic nitrogens is 1. The molecule has 6 heteroatoms. The molecular weight excluding hydrogens is 288 g/mol. The van der Waals surface area contributed by atoms with E-state index in [1.54, 1.807) is 6.20 Å². The number of pyridine rings is 1. The van der Waals surface area contributed by atoms with Crippen molar-refractivity contribution < 1.29 is 0 Å². The molecule has 1 aromatic heterocycles. The number of aryl methyl sites for hydroxylation is 1. The Morgan fingerprint density at radius 3 is 2.74 bits per heavy atom. The van der Waals surface area contributed by atoms with Crippen molar-refractivity contribution in [1.82, 2.24) is 10.3 Å². The smallest absolute Gasteiger partial charge is 0.192 e. The van der Waals surface area contributed by atoms with Gasteiger partial charge in [0, 0.05) is 23.3 Å². The monoisotopic (exact) mass is 312 g/mol. The van der Waals surface area contributed by atoms with Gasteiger partial charge in [0.15, 0.2) is 11.8 Å². The molecule has 2 aromatic rings. The van der Waals surface area contributed by atoms with E-state index in [0.29, 0.717) is 12.4 Å². The number of rotatable bonds is 6. The van der Waals surface area contributed by atoms with E-state index in [1.807, 2.05) is 25.1 Å². The summed E-state index contributed by atoms with van der Waals surface area (Å²) in [5.41, 5.74) is 19.5. The highest BCUT2D eigenvalue weighted by Gasteiger charge is 2.09. The second-order valence-electron chi connectivity index (χ2n) is 5.66. The molecule has 6 nitrogen and oxygen atoms in total. The van der Waals surface area contributed by atoms with Crippen LogP contribution in [0.2, 0.25) is 0 Å². The van der Waals surface area contributed by atoms with Crippen molar-refractivity contribution in [1.29, 1.82) is 0 Å². The zero-order valence-electron chi connectivity index (χ0n) is 13.6. The fourth-order valence-corrected chi connectivity index (χ4v) is 2.47. The maximum absolute atomic E-state index is 5.58.